The highest BCUT2D eigenvalue weighted by Gasteiger charge is 2.28. The van der Waals surface area contributed by atoms with E-state index in [1.54, 1.807) is 0 Å². The van der Waals surface area contributed by atoms with Gasteiger partial charge in [0.1, 0.15) is 0 Å². The maximum absolute atomic E-state index is 12.2. The molecular weight excluding hydrogens is 252 g/mol. The molecule has 100 valence electrons. The number of ether oxygens (including phenoxy) is 1. The predicted molar refractivity (Wildman–Crippen MR) is 72.7 cm³/mol. The number of hydrogen-bond donors (Lipinski definition) is 0. The van der Waals surface area contributed by atoms with Crippen LogP contribution >= 0.6 is 0 Å². The number of rotatable bonds is 4. The van der Waals surface area contributed by atoms with Crippen LogP contribution in [0.1, 0.15) is 0 Å². The van der Waals surface area contributed by atoms with Crippen LogP contribution in [0.4, 0.5) is 11.4 Å². The highest BCUT2D eigenvalue weighted by molar-refractivity contribution is 7.92. The lowest BCUT2D eigenvalue weighted by Gasteiger charge is -2.36. The summed E-state index contributed by atoms with van der Waals surface area (Å²) in [5.41, 5.74) is 1.70. The summed E-state index contributed by atoms with van der Waals surface area (Å²) in [7, 11) is 0.177. The number of para-hydroxylation sites is 2. The van der Waals surface area contributed by atoms with Crippen molar-refractivity contribution in [1.82, 2.24) is 0 Å². The van der Waals surface area contributed by atoms with E-state index in [2.05, 4.69) is 4.90 Å². The molecule has 0 bridgehead atoms. The zero-order valence-electron chi connectivity index (χ0n) is 10.7. The molecule has 5 nitrogen and oxygen atoms in total. The fourth-order valence-corrected chi connectivity index (χ4v) is 3.48. The average molecular weight is 270 g/mol. The van der Waals surface area contributed by atoms with Crippen LogP contribution in [-0.2, 0) is 14.8 Å². The Hall–Kier alpha value is -1.27. The zero-order valence-corrected chi connectivity index (χ0v) is 11.5. The van der Waals surface area contributed by atoms with Crippen LogP contribution < -0.4 is 9.21 Å². The molecule has 0 radical (unpaired) electrons. The van der Waals surface area contributed by atoms with Gasteiger partial charge in [-0.3, -0.25) is 4.31 Å². The first-order valence-corrected chi connectivity index (χ1v) is 7.46. The first-order valence-electron chi connectivity index (χ1n) is 5.86. The highest BCUT2D eigenvalue weighted by Crippen LogP contribution is 2.33. The maximum Gasteiger partial charge on any atom is 0.237 e. The molecule has 1 heterocycles. The Kier molecular flexibility index (Phi) is 3.77. The van der Waals surface area contributed by atoms with Gasteiger partial charge in [0.15, 0.2) is 0 Å². The number of methoxy groups -OCH3 is 1. The summed E-state index contributed by atoms with van der Waals surface area (Å²) < 4.78 is 30.8. The van der Waals surface area contributed by atoms with Gasteiger partial charge in [0.2, 0.25) is 10.0 Å². The van der Waals surface area contributed by atoms with Crippen LogP contribution in [0.5, 0.6) is 0 Å². The molecule has 0 atom stereocenters. The molecule has 0 unspecified atom stereocenters. The van der Waals surface area contributed by atoms with Gasteiger partial charge in [0.25, 0.3) is 0 Å². The van der Waals surface area contributed by atoms with Crippen molar-refractivity contribution in [2.45, 2.75) is 0 Å². The monoisotopic (exact) mass is 270 g/mol. The molecule has 0 saturated carbocycles. The molecule has 0 N–H and O–H groups in total. The van der Waals surface area contributed by atoms with E-state index in [0.717, 1.165) is 11.4 Å². The summed E-state index contributed by atoms with van der Waals surface area (Å²) in [4.78, 5) is 2.07. The van der Waals surface area contributed by atoms with Gasteiger partial charge in [0, 0.05) is 20.7 Å². The van der Waals surface area contributed by atoms with E-state index in [1.165, 1.54) is 11.4 Å². The van der Waals surface area contributed by atoms with Crippen LogP contribution in [0.2, 0.25) is 0 Å². The molecule has 1 aliphatic heterocycles. The average Bonchev–Trinajstić information content (AvgIpc) is 2.37. The Balaban J connectivity index is 2.34. The van der Waals surface area contributed by atoms with Crippen molar-refractivity contribution in [2.24, 2.45) is 0 Å². The standard InChI is InChI=1S/C12H18N2O3S/c1-13-7-8-14(18(15,16)10-9-17-2)12-6-4-3-5-11(12)13/h3-6H,7-10H2,1-2H3. The van der Waals surface area contributed by atoms with Crippen molar-refractivity contribution in [3.05, 3.63) is 24.3 Å². The van der Waals surface area contributed by atoms with Gasteiger partial charge >= 0.3 is 0 Å². The molecular formula is C12H18N2O3S. The molecule has 0 aliphatic carbocycles. The number of nitrogens with zero attached hydrogens (tertiary/aromatic N) is 2. The second-order valence-electron chi connectivity index (χ2n) is 4.29. The van der Waals surface area contributed by atoms with E-state index in [-0.39, 0.29) is 12.4 Å². The van der Waals surface area contributed by atoms with Crippen molar-refractivity contribution in [3.8, 4) is 0 Å². The van der Waals surface area contributed by atoms with Crippen LogP contribution in [0.3, 0.4) is 0 Å². The molecule has 18 heavy (non-hydrogen) atoms. The fourth-order valence-electron chi connectivity index (χ4n) is 2.07. The lowest BCUT2D eigenvalue weighted by Crippen LogP contribution is -2.44. The Bertz CT molecular complexity index is 516. The number of sulfonamides is 1. The minimum atomic E-state index is -3.30. The molecule has 0 spiro atoms. The Morgan fingerprint density at radius 2 is 1.89 bits per heavy atom. The van der Waals surface area contributed by atoms with E-state index in [9.17, 15) is 8.42 Å². The molecule has 0 fully saturated rings. The van der Waals surface area contributed by atoms with Crippen molar-refractivity contribution >= 4 is 21.4 Å². The molecule has 1 aromatic rings. The minimum absolute atomic E-state index is 0.0154. The number of hydrogen-bond acceptors (Lipinski definition) is 4. The molecule has 2 rings (SSSR count). The van der Waals surface area contributed by atoms with E-state index in [0.29, 0.717) is 13.1 Å². The SMILES string of the molecule is COCCS(=O)(=O)N1CCN(C)c2ccccc21. The van der Waals surface area contributed by atoms with Crippen molar-refractivity contribution < 1.29 is 13.2 Å². The number of anilines is 2. The second-order valence-corrected chi connectivity index (χ2v) is 6.30. The summed E-state index contributed by atoms with van der Waals surface area (Å²) in [6.07, 6.45) is 0. The fraction of sp³-hybridized carbons (Fsp3) is 0.500. The summed E-state index contributed by atoms with van der Waals surface area (Å²) in [5.74, 6) is 0.0154. The van der Waals surface area contributed by atoms with Crippen molar-refractivity contribution in [3.63, 3.8) is 0 Å². The molecule has 1 aromatic carbocycles. The van der Waals surface area contributed by atoms with Gasteiger partial charge < -0.3 is 9.64 Å². The second kappa shape index (κ2) is 5.16. The van der Waals surface area contributed by atoms with Crippen LogP contribution in [0.15, 0.2) is 24.3 Å². The minimum Gasteiger partial charge on any atom is -0.384 e. The lowest BCUT2D eigenvalue weighted by molar-refractivity contribution is 0.217. The van der Waals surface area contributed by atoms with Gasteiger partial charge in [0.05, 0.1) is 30.3 Å². The third kappa shape index (κ3) is 2.44. The quantitative estimate of drug-likeness (QED) is 0.816. The predicted octanol–water partition coefficient (Wildman–Crippen LogP) is 0.919. The van der Waals surface area contributed by atoms with Crippen LogP contribution in [0, 0.1) is 0 Å². The first kappa shape index (κ1) is 13.2. The molecule has 1 aliphatic rings. The number of benzene rings is 1. The number of fused-ring (bicyclic) bond motifs is 1. The van der Waals surface area contributed by atoms with Crippen molar-refractivity contribution in [2.75, 3.05) is 48.8 Å². The summed E-state index contributed by atoms with van der Waals surface area (Å²) in [6.45, 7) is 1.40. The Morgan fingerprint density at radius 1 is 1.22 bits per heavy atom. The van der Waals surface area contributed by atoms with Gasteiger partial charge in [-0.05, 0) is 12.1 Å². The molecule has 0 aromatic heterocycles. The van der Waals surface area contributed by atoms with E-state index >= 15 is 0 Å². The molecule has 0 amide bonds. The van der Waals surface area contributed by atoms with E-state index in [1.807, 2.05) is 31.3 Å². The zero-order chi connectivity index (χ0) is 13.2. The van der Waals surface area contributed by atoms with Gasteiger partial charge in [-0.15, -0.1) is 0 Å². The summed E-state index contributed by atoms with van der Waals surface area (Å²) >= 11 is 0. The topological polar surface area (TPSA) is 49.9 Å². The smallest absolute Gasteiger partial charge is 0.237 e. The van der Waals surface area contributed by atoms with Gasteiger partial charge in [-0.2, -0.15) is 0 Å². The van der Waals surface area contributed by atoms with Crippen LogP contribution in [0.25, 0.3) is 0 Å². The van der Waals surface area contributed by atoms with Crippen LogP contribution in [-0.4, -0.2) is 48.0 Å². The Morgan fingerprint density at radius 3 is 2.56 bits per heavy atom. The lowest BCUT2D eigenvalue weighted by atomic mass is 10.2. The Labute approximate surface area is 108 Å². The summed E-state index contributed by atoms with van der Waals surface area (Å²) in [5, 5.41) is 0. The normalized spacial score (nSPS) is 15.7. The van der Waals surface area contributed by atoms with E-state index in [4.69, 9.17) is 4.74 Å². The highest BCUT2D eigenvalue weighted by atomic mass is 32.2. The van der Waals surface area contributed by atoms with Crippen molar-refractivity contribution in [1.29, 1.82) is 0 Å². The first-order chi connectivity index (χ1) is 8.56. The third-order valence-electron chi connectivity index (χ3n) is 3.08. The van der Waals surface area contributed by atoms with E-state index < -0.39 is 10.0 Å². The maximum atomic E-state index is 12.2. The van der Waals surface area contributed by atoms with Gasteiger partial charge in [-0.25, -0.2) is 8.42 Å². The van der Waals surface area contributed by atoms with Gasteiger partial charge in [-0.1, -0.05) is 12.1 Å². The largest absolute Gasteiger partial charge is 0.384 e. The number of likely N-dealkylation sites (N-methyl/N-ethyl adjacent to an activating group) is 1. The molecule has 6 heteroatoms. The third-order valence-corrected chi connectivity index (χ3v) is 4.81. The molecule has 0 saturated heterocycles. The summed E-state index contributed by atoms with van der Waals surface area (Å²) in [6, 6.07) is 7.56.